The molecule has 1 unspecified atom stereocenters. The molecule has 2 rings (SSSR count). The smallest absolute Gasteiger partial charge is 0.338 e. The van der Waals surface area contributed by atoms with E-state index in [4.69, 9.17) is 14.3 Å². The van der Waals surface area contributed by atoms with Crippen molar-refractivity contribution >= 4 is 28.6 Å². The minimum absolute atomic E-state index is 0.243. The van der Waals surface area contributed by atoms with Gasteiger partial charge in [0.25, 0.3) is 0 Å². The molecule has 198 valence electrons. The summed E-state index contributed by atoms with van der Waals surface area (Å²) in [6.45, 7) is 9.99. The molecule has 0 saturated carbocycles. The molecule has 2 aromatic rings. The lowest BCUT2D eigenvalue weighted by atomic mass is 9.89. The van der Waals surface area contributed by atoms with E-state index in [0.717, 1.165) is 16.3 Å². The van der Waals surface area contributed by atoms with E-state index in [1.54, 1.807) is 13.8 Å². The maximum atomic E-state index is 13.2. The summed E-state index contributed by atoms with van der Waals surface area (Å²) >= 11 is 0. The van der Waals surface area contributed by atoms with Crippen LogP contribution in [0.1, 0.15) is 46.2 Å². The number of amides is 4. The molecule has 0 aliphatic rings. The highest BCUT2D eigenvalue weighted by molar-refractivity contribution is 5.90. The lowest BCUT2D eigenvalue weighted by Crippen LogP contribution is -2.49. The van der Waals surface area contributed by atoms with Gasteiger partial charge in [-0.1, -0.05) is 49.4 Å². The van der Waals surface area contributed by atoms with E-state index in [-0.39, 0.29) is 11.8 Å². The zero-order chi connectivity index (χ0) is 26.5. The number of benzene rings is 2. The molecule has 4 N–H and O–H groups in total. The summed E-state index contributed by atoms with van der Waals surface area (Å²) in [6.07, 6.45) is -0.539. The van der Waals surface area contributed by atoms with E-state index in [2.05, 4.69) is 21.4 Å². The van der Waals surface area contributed by atoms with Gasteiger partial charge in [0.1, 0.15) is 6.04 Å². The summed E-state index contributed by atoms with van der Waals surface area (Å²) in [5, 5.41) is 10.2. The number of hydrogen-bond acceptors (Lipinski definition) is 6. The third-order valence-corrected chi connectivity index (χ3v) is 5.55. The van der Waals surface area contributed by atoms with Gasteiger partial charge >= 0.3 is 6.03 Å². The molecule has 0 bridgehead atoms. The van der Waals surface area contributed by atoms with Crippen LogP contribution in [0.2, 0.25) is 0 Å². The summed E-state index contributed by atoms with van der Waals surface area (Å²) in [4.78, 5) is 41.6. The third kappa shape index (κ3) is 8.47. The van der Waals surface area contributed by atoms with Crippen molar-refractivity contribution in [3.8, 4) is 0 Å². The minimum Gasteiger partial charge on any atom is -0.353 e. The molecule has 0 radical (unpaired) electrons. The Labute approximate surface area is 212 Å². The first-order chi connectivity index (χ1) is 17.3. The van der Waals surface area contributed by atoms with Gasteiger partial charge in [-0.3, -0.25) is 14.4 Å². The minimum atomic E-state index is -0.854. The SMILES string of the molecule is CCNC(=O)NOCC(=O)NC(C)C(=O)N[C@H](c1cccc2ccccc12)[C@H](C)C(OCC)OCC. The second kappa shape index (κ2) is 15.0. The van der Waals surface area contributed by atoms with Gasteiger partial charge in [-0.25, -0.2) is 10.3 Å². The van der Waals surface area contributed by atoms with Crippen molar-refractivity contribution in [3.05, 3.63) is 48.0 Å². The first kappa shape index (κ1) is 29.0. The Bertz CT molecular complexity index is 990. The molecular weight excluding hydrogens is 464 g/mol. The van der Waals surface area contributed by atoms with E-state index in [0.29, 0.717) is 19.8 Å². The molecule has 2 aromatic carbocycles. The topological polar surface area (TPSA) is 127 Å². The highest BCUT2D eigenvalue weighted by Crippen LogP contribution is 2.32. The van der Waals surface area contributed by atoms with Crippen LogP contribution in [-0.4, -0.2) is 56.5 Å². The van der Waals surface area contributed by atoms with Crippen LogP contribution < -0.4 is 21.4 Å². The van der Waals surface area contributed by atoms with E-state index < -0.39 is 36.9 Å². The zero-order valence-corrected chi connectivity index (χ0v) is 21.6. The van der Waals surface area contributed by atoms with Crippen LogP contribution in [0.3, 0.4) is 0 Å². The molecular formula is C26H38N4O6. The maximum Gasteiger partial charge on any atom is 0.338 e. The average Bonchev–Trinajstić information content (AvgIpc) is 2.86. The molecule has 10 nitrogen and oxygen atoms in total. The van der Waals surface area contributed by atoms with Gasteiger partial charge in [-0.15, -0.1) is 0 Å². The Morgan fingerprint density at radius 1 is 0.889 bits per heavy atom. The molecule has 4 amide bonds. The molecule has 0 aliphatic heterocycles. The van der Waals surface area contributed by atoms with Crippen LogP contribution in [0.4, 0.5) is 4.79 Å². The standard InChI is InChI=1S/C26H38N4O6/c1-6-27-26(33)30-36-16-22(31)28-18(5)24(32)29-23(17(4)25(34-7-2)35-8-3)21-15-11-13-19-12-9-10-14-20(19)21/h9-15,17-18,23,25H,6-8,16H2,1-5H3,(H,28,31)(H,29,32)(H2,27,30,33)/t17-,18?,23-/m0/s1. The monoisotopic (exact) mass is 502 g/mol. The van der Waals surface area contributed by atoms with Crippen LogP contribution >= 0.6 is 0 Å². The van der Waals surface area contributed by atoms with Crippen molar-refractivity contribution < 1.29 is 28.7 Å². The Balaban J connectivity index is 2.18. The number of nitrogens with one attached hydrogen (secondary N) is 4. The van der Waals surface area contributed by atoms with Crippen LogP contribution in [-0.2, 0) is 23.9 Å². The van der Waals surface area contributed by atoms with Gasteiger partial charge in [-0.2, -0.15) is 0 Å². The number of hydroxylamine groups is 1. The van der Waals surface area contributed by atoms with Crippen molar-refractivity contribution in [1.82, 2.24) is 21.4 Å². The van der Waals surface area contributed by atoms with Crippen molar-refractivity contribution in [3.63, 3.8) is 0 Å². The van der Waals surface area contributed by atoms with E-state index >= 15 is 0 Å². The van der Waals surface area contributed by atoms with Crippen molar-refractivity contribution in [2.24, 2.45) is 5.92 Å². The van der Waals surface area contributed by atoms with E-state index in [1.165, 1.54) is 0 Å². The second-order valence-electron chi connectivity index (χ2n) is 8.23. The number of rotatable bonds is 14. The van der Waals surface area contributed by atoms with Gasteiger partial charge in [-0.05, 0) is 44.0 Å². The predicted octanol–water partition coefficient (Wildman–Crippen LogP) is 2.79. The van der Waals surface area contributed by atoms with Crippen LogP contribution in [0.25, 0.3) is 10.8 Å². The summed E-state index contributed by atoms with van der Waals surface area (Å²) in [7, 11) is 0. The van der Waals surface area contributed by atoms with Crippen LogP contribution in [0.15, 0.2) is 42.5 Å². The fourth-order valence-electron chi connectivity index (χ4n) is 3.84. The Kier molecular flexibility index (Phi) is 12.1. The molecule has 0 saturated heterocycles. The quantitative estimate of drug-likeness (QED) is 0.232. The van der Waals surface area contributed by atoms with Crippen LogP contribution in [0, 0.1) is 5.92 Å². The largest absolute Gasteiger partial charge is 0.353 e. The van der Waals surface area contributed by atoms with E-state index in [9.17, 15) is 14.4 Å². The Hall–Kier alpha value is -3.21. The Morgan fingerprint density at radius 3 is 2.22 bits per heavy atom. The van der Waals surface area contributed by atoms with Crippen molar-refractivity contribution in [1.29, 1.82) is 0 Å². The summed E-state index contributed by atoms with van der Waals surface area (Å²) in [6, 6.07) is 12.0. The third-order valence-electron chi connectivity index (χ3n) is 5.55. The van der Waals surface area contributed by atoms with Gasteiger partial charge in [0.2, 0.25) is 11.8 Å². The van der Waals surface area contributed by atoms with Gasteiger partial charge < -0.3 is 25.4 Å². The fraction of sp³-hybridized carbons (Fsp3) is 0.500. The molecule has 36 heavy (non-hydrogen) atoms. The average molecular weight is 503 g/mol. The molecule has 0 aromatic heterocycles. The summed E-state index contributed by atoms with van der Waals surface area (Å²) in [5.74, 6) is -1.17. The first-order valence-electron chi connectivity index (χ1n) is 12.3. The second-order valence-corrected chi connectivity index (χ2v) is 8.23. The number of carbonyl (C=O) groups is 3. The number of carbonyl (C=O) groups excluding carboxylic acids is 3. The van der Waals surface area contributed by atoms with Crippen LogP contribution in [0.5, 0.6) is 0 Å². The predicted molar refractivity (Wildman–Crippen MR) is 137 cm³/mol. The maximum absolute atomic E-state index is 13.2. The van der Waals surface area contributed by atoms with E-state index in [1.807, 2.05) is 63.2 Å². The highest BCUT2D eigenvalue weighted by Gasteiger charge is 2.32. The Morgan fingerprint density at radius 2 is 1.56 bits per heavy atom. The number of urea groups is 1. The highest BCUT2D eigenvalue weighted by atomic mass is 16.7. The van der Waals surface area contributed by atoms with Gasteiger partial charge in [0, 0.05) is 25.7 Å². The van der Waals surface area contributed by atoms with Gasteiger partial charge in [0.15, 0.2) is 12.9 Å². The molecule has 10 heteroatoms. The molecule has 3 atom stereocenters. The summed E-state index contributed by atoms with van der Waals surface area (Å²) in [5.41, 5.74) is 3.02. The molecule has 0 fully saturated rings. The number of hydrogen-bond donors (Lipinski definition) is 4. The number of fused-ring (bicyclic) bond motifs is 1. The normalized spacial score (nSPS) is 13.6. The van der Waals surface area contributed by atoms with Crippen molar-refractivity contribution in [2.45, 2.75) is 53.0 Å². The zero-order valence-electron chi connectivity index (χ0n) is 21.6. The molecule has 0 heterocycles. The lowest BCUT2D eigenvalue weighted by Gasteiger charge is -2.33. The molecule has 0 aliphatic carbocycles. The fourth-order valence-corrected chi connectivity index (χ4v) is 3.84. The van der Waals surface area contributed by atoms with Gasteiger partial charge in [0.05, 0.1) is 6.04 Å². The molecule has 0 spiro atoms. The number of ether oxygens (including phenoxy) is 2. The lowest BCUT2D eigenvalue weighted by molar-refractivity contribution is -0.170. The summed E-state index contributed by atoms with van der Waals surface area (Å²) < 4.78 is 11.7. The first-order valence-corrected chi connectivity index (χ1v) is 12.3. The van der Waals surface area contributed by atoms with Crippen molar-refractivity contribution in [2.75, 3.05) is 26.4 Å².